The maximum Gasteiger partial charge on any atom is 0.258 e. The molecular weight excluding hydrogens is 266 g/mol. The van der Waals surface area contributed by atoms with Gasteiger partial charge in [0.1, 0.15) is 5.76 Å². The van der Waals surface area contributed by atoms with Crippen LogP contribution in [-0.4, -0.2) is 10.1 Å². The minimum Gasteiger partial charge on any atom is -0.468 e. The monoisotopic (exact) mass is 283 g/mol. The fraction of sp³-hybridized carbons (Fsp3) is 0.250. The van der Waals surface area contributed by atoms with E-state index in [4.69, 9.17) is 8.94 Å². The zero-order valence-electron chi connectivity index (χ0n) is 12.0. The highest BCUT2D eigenvalue weighted by Crippen LogP contribution is 2.21. The molecule has 5 nitrogen and oxygen atoms in total. The summed E-state index contributed by atoms with van der Waals surface area (Å²) in [6.45, 7) is 4.58. The molecular formula is C16H17N3O2. The SMILES string of the molecule is Cc1ccccc1-c1nc(CN[C@@H](C)c2ccco2)no1. The van der Waals surface area contributed by atoms with Crippen LogP contribution in [0, 0.1) is 6.92 Å². The maximum atomic E-state index is 5.35. The van der Waals surface area contributed by atoms with Crippen molar-refractivity contribution < 1.29 is 8.94 Å². The van der Waals surface area contributed by atoms with Crippen LogP contribution in [0.25, 0.3) is 11.5 Å². The van der Waals surface area contributed by atoms with Gasteiger partial charge in [-0.25, -0.2) is 0 Å². The van der Waals surface area contributed by atoms with Gasteiger partial charge in [0.2, 0.25) is 0 Å². The number of furan rings is 1. The van der Waals surface area contributed by atoms with Gasteiger partial charge in [0.05, 0.1) is 18.8 Å². The molecule has 5 heteroatoms. The van der Waals surface area contributed by atoms with Gasteiger partial charge >= 0.3 is 0 Å². The number of rotatable bonds is 5. The molecule has 0 aliphatic rings. The lowest BCUT2D eigenvalue weighted by atomic mass is 10.1. The quantitative estimate of drug-likeness (QED) is 0.776. The van der Waals surface area contributed by atoms with Gasteiger partial charge in [0, 0.05) is 5.56 Å². The number of nitrogens with zero attached hydrogens (tertiary/aromatic N) is 2. The van der Waals surface area contributed by atoms with E-state index >= 15 is 0 Å². The van der Waals surface area contributed by atoms with E-state index in [1.165, 1.54) is 0 Å². The van der Waals surface area contributed by atoms with Crippen molar-refractivity contribution in [3.63, 3.8) is 0 Å². The van der Waals surface area contributed by atoms with Crippen LogP contribution >= 0.6 is 0 Å². The van der Waals surface area contributed by atoms with Gasteiger partial charge < -0.3 is 14.3 Å². The number of hydrogen-bond acceptors (Lipinski definition) is 5. The summed E-state index contributed by atoms with van der Waals surface area (Å²) in [4.78, 5) is 4.42. The molecule has 1 atom stereocenters. The lowest BCUT2D eigenvalue weighted by Gasteiger charge is -2.08. The first-order valence-corrected chi connectivity index (χ1v) is 6.89. The molecule has 0 spiro atoms. The van der Waals surface area contributed by atoms with E-state index in [2.05, 4.69) is 15.5 Å². The normalized spacial score (nSPS) is 12.5. The molecule has 0 saturated heterocycles. The predicted octanol–water partition coefficient (Wildman–Crippen LogP) is 3.49. The highest BCUT2D eigenvalue weighted by Gasteiger charge is 2.12. The van der Waals surface area contributed by atoms with Crippen molar-refractivity contribution in [2.45, 2.75) is 26.4 Å². The molecule has 3 aromatic rings. The van der Waals surface area contributed by atoms with Gasteiger partial charge in [-0.1, -0.05) is 23.4 Å². The van der Waals surface area contributed by atoms with Crippen molar-refractivity contribution in [3.8, 4) is 11.5 Å². The Morgan fingerprint density at radius 2 is 2.05 bits per heavy atom. The minimum absolute atomic E-state index is 0.0976. The fourth-order valence-corrected chi connectivity index (χ4v) is 2.13. The average Bonchev–Trinajstić information content (AvgIpc) is 3.17. The predicted molar refractivity (Wildman–Crippen MR) is 78.4 cm³/mol. The highest BCUT2D eigenvalue weighted by atomic mass is 16.5. The van der Waals surface area contributed by atoms with Gasteiger partial charge in [-0.2, -0.15) is 4.98 Å². The molecule has 2 aromatic heterocycles. The lowest BCUT2D eigenvalue weighted by Crippen LogP contribution is -2.18. The highest BCUT2D eigenvalue weighted by molar-refractivity contribution is 5.57. The largest absolute Gasteiger partial charge is 0.468 e. The Hall–Kier alpha value is -2.40. The number of aryl methyl sites for hydroxylation is 1. The summed E-state index contributed by atoms with van der Waals surface area (Å²) in [5, 5.41) is 7.31. The van der Waals surface area contributed by atoms with E-state index in [0.717, 1.165) is 16.9 Å². The Labute approximate surface area is 123 Å². The van der Waals surface area contributed by atoms with Crippen molar-refractivity contribution in [3.05, 3.63) is 59.8 Å². The molecule has 0 radical (unpaired) electrons. The molecule has 0 aliphatic carbocycles. The molecule has 0 unspecified atom stereocenters. The summed E-state index contributed by atoms with van der Waals surface area (Å²) < 4.78 is 10.7. The first-order valence-electron chi connectivity index (χ1n) is 6.89. The topological polar surface area (TPSA) is 64.1 Å². The smallest absolute Gasteiger partial charge is 0.258 e. The van der Waals surface area contributed by atoms with Crippen LogP contribution in [0.1, 0.15) is 30.1 Å². The third kappa shape index (κ3) is 3.03. The van der Waals surface area contributed by atoms with Gasteiger partial charge in [0.25, 0.3) is 5.89 Å². The molecule has 108 valence electrons. The van der Waals surface area contributed by atoms with Gasteiger partial charge in [-0.3, -0.25) is 0 Å². The zero-order chi connectivity index (χ0) is 14.7. The van der Waals surface area contributed by atoms with Crippen LogP contribution in [0.2, 0.25) is 0 Å². The minimum atomic E-state index is 0.0976. The third-order valence-electron chi connectivity index (χ3n) is 3.38. The summed E-state index contributed by atoms with van der Waals surface area (Å²) >= 11 is 0. The van der Waals surface area contributed by atoms with Crippen LogP contribution in [0.4, 0.5) is 0 Å². The summed E-state index contributed by atoms with van der Waals surface area (Å²) in [5.41, 5.74) is 2.08. The summed E-state index contributed by atoms with van der Waals surface area (Å²) in [5.74, 6) is 2.07. The average molecular weight is 283 g/mol. The van der Waals surface area contributed by atoms with Crippen molar-refractivity contribution in [2.24, 2.45) is 0 Å². The third-order valence-corrected chi connectivity index (χ3v) is 3.38. The molecule has 1 aromatic carbocycles. The van der Waals surface area contributed by atoms with E-state index in [1.807, 2.05) is 50.2 Å². The summed E-state index contributed by atoms with van der Waals surface area (Å²) in [6.07, 6.45) is 1.66. The van der Waals surface area contributed by atoms with E-state index < -0.39 is 0 Å². The summed E-state index contributed by atoms with van der Waals surface area (Å²) in [7, 11) is 0. The molecule has 0 fully saturated rings. The standard InChI is InChI=1S/C16H17N3O2/c1-11-6-3-4-7-13(11)16-18-15(19-21-16)10-17-12(2)14-8-5-9-20-14/h3-9,12,17H,10H2,1-2H3/t12-/m0/s1. The summed E-state index contributed by atoms with van der Waals surface area (Å²) in [6, 6.07) is 11.9. The second-order valence-corrected chi connectivity index (χ2v) is 4.95. The molecule has 2 heterocycles. The second kappa shape index (κ2) is 5.93. The Bertz CT molecular complexity index is 704. The Kier molecular flexibility index (Phi) is 3.83. The molecule has 3 rings (SSSR count). The Morgan fingerprint density at radius 1 is 1.19 bits per heavy atom. The van der Waals surface area contributed by atoms with Crippen molar-refractivity contribution in [1.29, 1.82) is 0 Å². The van der Waals surface area contributed by atoms with Crippen LogP contribution < -0.4 is 5.32 Å². The van der Waals surface area contributed by atoms with Crippen LogP contribution in [0.3, 0.4) is 0 Å². The molecule has 0 aliphatic heterocycles. The van der Waals surface area contributed by atoms with E-state index in [0.29, 0.717) is 18.3 Å². The lowest BCUT2D eigenvalue weighted by molar-refractivity contribution is 0.403. The first kappa shape index (κ1) is 13.6. The number of hydrogen-bond donors (Lipinski definition) is 1. The molecule has 0 saturated carbocycles. The van der Waals surface area contributed by atoms with Crippen LogP contribution in [0.5, 0.6) is 0 Å². The zero-order valence-corrected chi connectivity index (χ0v) is 12.0. The van der Waals surface area contributed by atoms with Gasteiger partial charge in [-0.15, -0.1) is 0 Å². The second-order valence-electron chi connectivity index (χ2n) is 4.95. The first-order chi connectivity index (χ1) is 10.2. The van der Waals surface area contributed by atoms with Crippen LogP contribution in [0.15, 0.2) is 51.6 Å². The number of benzene rings is 1. The maximum absolute atomic E-state index is 5.35. The van der Waals surface area contributed by atoms with E-state index in [-0.39, 0.29) is 6.04 Å². The van der Waals surface area contributed by atoms with E-state index in [1.54, 1.807) is 6.26 Å². The number of nitrogens with one attached hydrogen (secondary N) is 1. The van der Waals surface area contributed by atoms with Gasteiger partial charge in [-0.05, 0) is 37.6 Å². The molecule has 0 bridgehead atoms. The van der Waals surface area contributed by atoms with Gasteiger partial charge in [0.15, 0.2) is 5.82 Å². The molecule has 0 amide bonds. The Morgan fingerprint density at radius 3 is 2.81 bits per heavy atom. The van der Waals surface area contributed by atoms with Crippen molar-refractivity contribution in [2.75, 3.05) is 0 Å². The van der Waals surface area contributed by atoms with E-state index in [9.17, 15) is 0 Å². The molecule has 21 heavy (non-hydrogen) atoms. The Balaban J connectivity index is 1.67. The number of aromatic nitrogens is 2. The molecule has 1 N–H and O–H groups in total. The van der Waals surface area contributed by atoms with Crippen molar-refractivity contribution >= 4 is 0 Å². The van der Waals surface area contributed by atoms with Crippen LogP contribution in [-0.2, 0) is 6.54 Å². The fourth-order valence-electron chi connectivity index (χ4n) is 2.13. The van der Waals surface area contributed by atoms with Crippen molar-refractivity contribution in [1.82, 2.24) is 15.5 Å².